The third-order valence-electron chi connectivity index (χ3n) is 2.17. The zero-order chi connectivity index (χ0) is 13.8. The largest absolute Gasteiger partial charge is 0.492 e. The molecule has 1 atom stereocenters. The van der Waals surface area contributed by atoms with Crippen LogP contribution in [-0.4, -0.2) is 30.1 Å². The number of hydrogen-bond acceptors (Lipinski definition) is 3. The summed E-state index contributed by atoms with van der Waals surface area (Å²) in [5.74, 6) is -4.25. The van der Waals surface area contributed by atoms with Crippen molar-refractivity contribution < 1.29 is 27.8 Å². The second-order valence-electron chi connectivity index (χ2n) is 3.42. The Morgan fingerprint density at radius 3 is 2.33 bits per heavy atom. The molecule has 1 aromatic carbocycles. The monoisotopic (exact) mass is 280 g/mol. The number of halogens is 3. The van der Waals surface area contributed by atoms with E-state index in [9.17, 15) is 18.0 Å². The molecule has 1 rings (SSSR count). The van der Waals surface area contributed by atoms with Gasteiger partial charge in [0.2, 0.25) is 0 Å². The van der Waals surface area contributed by atoms with E-state index >= 15 is 0 Å². The highest BCUT2D eigenvalue weighted by Crippen LogP contribution is 2.27. The van der Waals surface area contributed by atoms with Gasteiger partial charge in [0.25, 0.3) is 0 Å². The number of carboxylic acids is 1. The van der Waals surface area contributed by atoms with Crippen LogP contribution < -0.4 is 4.74 Å². The fourth-order valence-electron chi connectivity index (χ4n) is 1.16. The minimum atomic E-state index is -4.81. The van der Waals surface area contributed by atoms with Crippen LogP contribution >= 0.6 is 11.8 Å². The van der Waals surface area contributed by atoms with E-state index in [0.717, 1.165) is 4.90 Å². The molecule has 0 aromatic heterocycles. The predicted molar refractivity (Wildman–Crippen MR) is 60.9 cm³/mol. The molecule has 18 heavy (non-hydrogen) atoms. The van der Waals surface area contributed by atoms with Crippen LogP contribution in [0.1, 0.15) is 0 Å². The van der Waals surface area contributed by atoms with Gasteiger partial charge in [0.05, 0.1) is 0 Å². The smallest absolute Gasteiger partial charge is 0.405 e. The van der Waals surface area contributed by atoms with E-state index < -0.39 is 24.7 Å². The molecule has 0 radical (unpaired) electrons. The van der Waals surface area contributed by atoms with Crippen LogP contribution in [0.5, 0.6) is 5.75 Å². The maximum atomic E-state index is 12.3. The van der Waals surface area contributed by atoms with E-state index in [-0.39, 0.29) is 5.75 Å². The molecule has 1 unspecified atom stereocenters. The van der Waals surface area contributed by atoms with Crippen molar-refractivity contribution in [3.8, 4) is 5.75 Å². The van der Waals surface area contributed by atoms with Gasteiger partial charge in [0.15, 0.2) is 5.92 Å². The minimum absolute atomic E-state index is 0.211. The van der Waals surface area contributed by atoms with Crippen molar-refractivity contribution in [1.82, 2.24) is 0 Å². The molecule has 0 bridgehead atoms. The highest BCUT2D eigenvalue weighted by atomic mass is 32.2. The van der Waals surface area contributed by atoms with Gasteiger partial charge in [-0.3, -0.25) is 4.79 Å². The molecule has 0 saturated carbocycles. The molecule has 0 amide bonds. The Balaban J connectivity index is 2.64. The fourth-order valence-corrected chi connectivity index (χ4v) is 1.57. The third kappa shape index (κ3) is 4.14. The molecule has 0 aliphatic rings. The molecule has 0 aliphatic heterocycles. The number of benzene rings is 1. The lowest BCUT2D eigenvalue weighted by Crippen LogP contribution is -2.35. The van der Waals surface area contributed by atoms with E-state index in [0.29, 0.717) is 0 Å². The van der Waals surface area contributed by atoms with Crippen molar-refractivity contribution in [2.45, 2.75) is 11.1 Å². The first-order valence-corrected chi connectivity index (χ1v) is 6.13. The van der Waals surface area contributed by atoms with Crippen LogP contribution in [0.25, 0.3) is 0 Å². The number of carbonyl (C=O) groups is 1. The summed E-state index contributed by atoms with van der Waals surface area (Å²) >= 11 is 1.48. The second kappa shape index (κ2) is 5.99. The van der Waals surface area contributed by atoms with Gasteiger partial charge in [-0.25, -0.2) is 0 Å². The standard InChI is InChI=1S/C11H11F3O3S/c1-18-8-4-2-7(3-5-8)17-6-9(10(15)16)11(12,13)14/h2-5,9H,6H2,1H3,(H,15,16). The summed E-state index contributed by atoms with van der Waals surface area (Å²) in [6.07, 6.45) is -2.95. The topological polar surface area (TPSA) is 46.5 Å². The molecule has 0 heterocycles. The van der Waals surface area contributed by atoms with Gasteiger partial charge in [-0.1, -0.05) is 0 Å². The summed E-state index contributed by atoms with van der Waals surface area (Å²) in [5, 5.41) is 8.47. The number of thioether (sulfide) groups is 1. The van der Waals surface area contributed by atoms with Crippen LogP contribution in [-0.2, 0) is 4.79 Å². The van der Waals surface area contributed by atoms with Crippen molar-refractivity contribution in [2.24, 2.45) is 5.92 Å². The van der Waals surface area contributed by atoms with Gasteiger partial charge >= 0.3 is 12.1 Å². The summed E-state index contributed by atoms with van der Waals surface area (Å²) < 4.78 is 41.8. The quantitative estimate of drug-likeness (QED) is 0.842. The van der Waals surface area contributed by atoms with E-state index in [1.54, 1.807) is 12.1 Å². The first-order valence-electron chi connectivity index (χ1n) is 4.91. The predicted octanol–water partition coefficient (Wildman–Crippen LogP) is 3.05. The van der Waals surface area contributed by atoms with Crippen molar-refractivity contribution >= 4 is 17.7 Å². The highest BCUT2D eigenvalue weighted by molar-refractivity contribution is 7.98. The molecule has 100 valence electrons. The van der Waals surface area contributed by atoms with Gasteiger partial charge < -0.3 is 9.84 Å². The Morgan fingerprint density at radius 1 is 1.39 bits per heavy atom. The van der Waals surface area contributed by atoms with Crippen molar-refractivity contribution in [3.05, 3.63) is 24.3 Å². The highest BCUT2D eigenvalue weighted by Gasteiger charge is 2.45. The Bertz CT molecular complexity index is 403. The number of aliphatic carboxylic acids is 1. The van der Waals surface area contributed by atoms with Crippen LogP contribution in [0.15, 0.2) is 29.2 Å². The third-order valence-corrected chi connectivity index (χ3v) is 2.91. The number of alkyl halides is 3. The van der Waals surface area contributed by atoms with Gasteiger partial charge in [-0.05, 0) is 30.5 Å². The molecule has 1 aromatic rings. The van der Waals surface area contributed by atoms with Crippen LogP contribution in [0.2, 0.25) is 0 Å². The van der Waals surface area contributed by atoms with Gasteiger partial charge in [-0.15, -0.1) is 11.8 Å². The summed E-state index contributed by atoms with van der Waals surface area (Å²) in [4.78, 5) is 11.4. The van der Waals surface area contributed by atoms with Crippen LogP contribution in [0, 0.1) is 5.92 Å². The molecule has 0 spiro atoms. The maximum Gasteiger partial charge on any atom is 0.405 e. The molecule has 3 nitrogen and oxygen atoms in total. The van der Waals surface area contributed by atoms with Gasteiger partial charge in [0.1, 0.15) is 12.4 Å². The zero-order valence-corrected chi connectivity index (χ0v) is 10.2. The molecule has 7 heteroatoms. The number of carboxylic acid groups (broad SMARTS) is 1. The number of hydrogen-bond donors (Lipinski definition) is 1. The average molecular weight is 280 g/mol. The Kier molecular flexibility index (Phi) is 4.89. The van der Waals surface area contributed by atoms with Crippen molar-refractivity contribution in [2.75, 3.05) is 12.9 Å². The van der Waals surface area contributed by atoms with E-state index in [4.69, 9.17) is 9.84 Å². The molecule has 0 aliphatic carbocycles. The molecular formula is C11H11F3O3S. The molecule has 0 saturated heterocycles. The normalized spacial score (nSPS) is 13.1. The van der Waals surface area contributed by atoms with E-state index in [1.807, 2.05) is 6.26 Å². The SMILES string of the molecule is CSc1ccc(OCC(C(=O)O)C(F)(F)F)cc1. The summed E-state index contributed by atoms with van der Waals surface area (Å²) in [6, 6.07) is 6.37. The van der Waals surface area contributed by atoms with Crippen molar-refractivity contribution in [1.29, 1.82) is 0 Å². The molecule has 1 N–H and O–H groups in total. The van der Waals surface area contributed by atoms with Gasteiger partial charge in [0, 0.05) is 4.90 Å². The van der Waals surface area contributed by atoms with E-state index in [2.05, 4.69) is 0 Å². The zero-order valence-electron chi connectivity index (χ0n) is 9.40. The van der Waals surface area contributed by atoms with Crippen LogP contribution in [0.4, 0.5) is 13.2 Å². The Labute approximate surface area is 106 Å². The lowest BCUT2D eigenvalue weighted by molar-refractivity contribution is -0.198. The molecule has 0 fully saturated rings. The fraction of sp³-hybridized carbons (Fsp3) is 0.364. The average Bonchev–Trinajstić information content (AvgIpc) is 2.28. The lowest BCUT2D eigenvalue weighted by Gasteiger charge is -2.16. The minimum Gasteiger partial charge on any atom is -0.492 e. The Hall–Kier alpha value is -1.37. The summed E-state index contributed by atoms with van der Waals surface area (Å²) in [6.45, 7) is -0.933. The molecular weight excluding hydrogens is 269 g/mol. The summed E-state index contributed by atoms with van der Waals surface area (Å²) in [7, 11) is 0. The maximum absolute atomic E-state index is 12.3. The van der Waals surface area contributed by atoms with E-state index in [1.165, 1.54) is 23.9 Å². The summed E-state index contributed by atoms with van der Waals surface area (Å²) in [5.41, 5.74) is 0. The number of ether oxygens (including phenoxy) is 1. The number of rotatable bonds is 5. The first-order chi connectivity index (χ1) is 8.34. The van der Waals surface area contributed by atoms with Crippen LogP contribution in [0.3, 0.4) is 0 Å². The van der Waals surface area contributed by atoms with Gasteiger partial charge in [-0.2, -0.15) is 13.2 Å². The lowest BCUT2D eigenvalue weighted by atomic mass is 10.1. The second-order valence-corrected chi connectivity index (χ2v) is 4.30. The van der Waals surface area contributed by atoms with Crippen molar-refractivity contribution in [3.63, 3.8) is 0 Å². The Morgan fingerprint density at radius 2 is 1.94 bits per heavy atom. The first kappa shape index (κ1) is 14.7.